The van der Waals surface area contributed by atoms with Crippen LogP contribution in [0.15, 0.2) is 58.3 Å². The van der Waals surface area contributed by atoms with Crippen molar-refractivity contribution < 1.29 is 18.3 Å². The Morgan fingerprint density at radius 2 is 1.68 bits per heavy atom. The van der Waals surface area contributed by atoms with Crippen LogP contribution >= 0.6 is 11.6 Å². The van der Waals surface area contributed by atoms with E-state index in [1.165, 1.54) is 24.3 Å². The zero-order chi connectivity index (χ0) is 14.0. The highest BCUT2D eigenvalue weighted by atomic mass is 35.5. The van der Waals surface area contributed by atoms with E-state index in [0.717, 1.165) is 6.07 Å². The van der Waals surface area contributed by atoms with Crippen LogP contribution in [0.2, 0.25) is 5.02 Å². The summed E-state index contributed by atoms with van der Waals surface area (Å²) in [4.78, 5) is 10.9. The minimum absolute atomic E-state index is 0.0415. The number of carbonyl (C=O) groups is 1. The first-order valence-corrected chi connectivity index (χ1v) is 7.12. The lowest BCUT2D eigenvalue weighted by atomic mass is 10.2. The number of hydrogen-bond acceptors (Lipinski definition) is 3. The number of carboxylic acids is 1. The van der Waals surface area contributed by atoms with Crippen molar-refractivity contribution >= 4 is 27.4 Å². The van der Waals surface area contributed by atoms with Gasteiger partial charge in [-0.25, -0.2) is 13.2 Å². The third-order valence-electron chi connectivity index (χ3n) is 2.52. The van der Waals surface area contributed by atoms with E-state index in [9.17, 15) is 13.2 Å². The first kappa shape index (κ1) is 13.6. The Bertz CT molecular complexity index is 724. The molecule has 2 rings (SSSR count). The molecule has 0 fully saturated rings. The Kier molecular flexibility index (Phi) is 3.59. The van der Waals surface area contributed by atoms with E-state index >= 15 is 0 Å². The third kappa shape index (κ3) is 2.62. The van der Waals surface area contributed by atoms with Crippen molar-refractivity contribution in [2.75, 3.05) is 0 Å². The molecule has 0 heterocycles. The Hall–Kier alpha value is -1.85. The van der Waals surface area contributed by atoms with E-state index in [-0.39, 0.29) is 20.4 Å². The molecule has 1 N–H and O–H groups in total. The number of rotatable bonds is 3. The van der Waals surface area contributed by atoms with Gasteiger partial charge in [-0.1, -0.05) is 29.8 Å². The van der Waals surface area contributed by atoms with E-state index in [2.05, 4.69) is 0 Å². The lowest BCUT2D eigenvalue weighted by Gasteiger charge is -2.08. The molecule has 0 spiro atoms. The topological polar surface area (TPSA) is 71.4 Å². The Morgan fingerprint density at radius 3 is 2.26 bits per heavy atom. The quantitative estimate of drug-likeness (QED) is 0.945. The van der Waals surface area contributed by atoms with Gasteiger partial charge in [0.1, 0.15) is 0 Å². The van der Waals surface area contributed by atoms with Crippen molar-refractivity contribution in [2.45, 2.75) is 9.79 Å². The minimum Gasteiger partial charge on any atom is -0.478 e. The predicted molar refractivity (Wildman–Crippen MR) is 70.3 cm³/mol. The van der Waals surface area contributed by atoms with Crippen LogP contribution in [0.5, 0.6) is 0 Å². The molecular weight excluding hydrogens is 288 g/mol. The Balaban J connectivity index is 2.69. The summed E-state index contributed by atoms with van der Waals surface area (Å²) in [5.74, 6) is -1.34. The van der Waals surface area contributed by atoms with Gasteiger partial charge in [-0.15, -0.1) is 0 Å². The molecule has 0 aliphatic carbocycles. The van der Waals surface area contributed by atoms with E-state index in [1.807, 2.05) is 0 Å². The van der Waals surface area contributed by atoms with Gasteiger partial charge in [0, 0.05) is 5.02 Å². The minimum atomic E-state index is -3.87. The maximum Gasteiger partial charge on any atom is 0.337 e. The van der Waals surface area contributed by atoms with Gasteiger partial charge in [0.15, 0.2) is 0 Å². The molecule has 2 aromatic carbocycles. The van der Waals surface area contributed by atoms with Crippen LogP contribution in [0.3, 0.4) is 0 Å². The molecule has 0 unspecified atom stereocenters. The van der Waals surface area contributed by atoms with Gasteiger partial charge in [0.25, 0.3) is 0 Å². The first-order valence-electron chi connectivity index (χ1n) is 5.26. The van der Waals surface area contributed by atoms with Crippen molar-refractivity contribution in [1.29, 1.82) is 0 Å². The normalized spacial score (nSPS) is 11.2. The summed E-state index contributed by atoms with van der Waals surface area (Å²) in [5, 5.41) is 9.25. The molecule has 0 amide bonds. The molecule has 0 atom stereocenters. The first-order chi connectivity index (χ1) is 8.93. The summed E-state index contributed by atoms with van der Waals surface area (Å²) < 4.78 is 24.7. The number of aromatic carboxylic acids is 1. The molecule has 98 valence electrons. The number of carboxylic acid groups (broad SMARTS) is 1. The standard InChI is InChI=1S/C13H9ClO4S/c14-9-6-7-12(11(8-9)13(15)16)19(17,18)10-4-2-1-3-5-10/h1-8H,(H,15,16). The van der Waals surface area contributed by atoms with Crippen LogP contribution in [0, 0.1) is 0 Å². The SMILES string of the molecule is O=C(O)c1cc(Cl)ccc1S(=O)(=O)c1ccccc1. The van der Waals surface area contributed by atoms with Gasteiger partial charge >= 0.3 is 5.97 Å². The Morgan fingerprint density at radius 1 is 1.05 bits per heavy atom. The predicted octanol–water partition coefficient (Wildman–Crippen LogP) is 2.87. The Labute approximate surface area is 115 Å². The van der Waals surface area contributed by atoms with Crippen molar-refractivity contribution in [3.8, 4) is 0 Å². The third-order valence-corrected chi connectivity index (χ3v) is 4.58. The summed E-state index contributed by atoms with van der Waals surface area (Å²) in [5.41, 5.74) is -0.337. The number of sulfone groups is 1. The lowest BCUT2D eigenvalue weighted by Crippen LogP contribution is -2.09. The van der Waals surface area contributed by atoms with Crippen molar-refractivity contribution in [3.63, 3.8) is 0 Å². The lowest BCUT2D eigenvalue weighted by molar-refractivity contribution is 0.0692. The molecule has 0 aromatic heterocycles. The van der Waals surface area contributed by atoms with Crippen LogP contribution in [0.25, 0.3) is 0 Å². The largest absolute Gasteiger partial charge is 0.478 e. The monoisotopic (exact) mass is 296 g/mol. The smallest absolute Gasteiger partial charge is 0.337 e. The summed E-state index contributed by atoms with van der Waals surface area (Å²) >= 11 is 5.70. The number of benzene rings is 2. The zero-order valence-corrected chi connectivity index (χ0v) is 11.1. The average Bonchev–Trinajstić information content (AvgIpc) is 2.39. The highest BCUT2D eigenvalue weighted by Crippen LogP contribution is 2.26. The van der Waals surface area contributed by atoms with Crippen LogP contribution < -0.4 is 0 Å². The van der Waals surface area contributed by atoms with Crippen molar-refractivity contribution in [3.05, 3.63) is 59.1 Å². The van der Waals surface area contributed by atoms with Gasteiger partial charge in [0.2, 0.25) is 9.84 Å². The average molecular weight is 297 g/mol. The van der Waals surface area contributed by atoms with Crippen LogP contribution in [0.4, 0.5) is 0 Å². The fourth-order valence-electron chi connectivity index (χ4n) is 1.63. The van der Waals surface area contributed by atoms with E-state index in [1.54, 1.807) is 18.2 Å². The van der Waals surface area contributed by atoms with Crippen LogP contribution in [0.1, 0.15) is 10.4 Å². The van der Waals surface area contributed by atoms with Gasteiger partial charge in [0.05, 0.1) is 15.4 Å². The summed E-state index contributed by atoms with van der Waals surface area (Å²) in [6.45, 7) is 0. The molecule has 0 saturated carbocycles. The molecule has 2 aromatic rings. The maximum absolute atomic E-state index is 12.4. The molecular formula is C13H9ClO4S. The fraction of sp³-hybridized carbons (Fsp3) is 0. The van der Waals surface area contributed by atoms with E-state index in [0.29, 0.717) is 0 Å². The molecule has 4 nitrogen and oxygen atoms in total. The summed E-state index contributed by atoms with van der Waals surface area (Å²) in [6.07, 6.45) is 0. The van der Waals surface area contributed by atoms with Crippen LogP contribution in [-0.4, -0.2) is 19.5 Å². The fourth-order valence-corrected chi connectivity index (χ4v) is 3.25. The second-order valence-electron chi connectivity index (χ2n) is 3.76. The van der Waals surface area contributed by atoms with Crippen LogP contribution in [-0.2, 0) is 9.84 Å². The second-order valence-corrected chi connectivity index (χ2v) is 6.12. The molecule has 0 saturated heterocycles. The van der Waals surface area contributed by atoms with Crippen molar-refractivity contribution in [2.24, 2.45) is 0 Å². The molecule has 0 radical (unpaired) electrons. The summed E-state index contributed by atoms with van der Waals surface area (Å²) in [6, 6.07) is 11.3. The molecule has 6 heteroatoms. The van der Waals surface area contributed by atoms with E-state index in [4.69, 9.17) is 16.7 Å². The van der Waals surface area contributed by atoms with Gasteiger partial charge in [-0.2, -0.15) is 0 Å². The molecule has 0 aliphatic heterocycles. The highest BCUT2D eigenvalue weighted by Gasteiger charge is 2.24. The molecule has 19 heavy (non-hydrogen) atoms. The molecule has 0 bridgehead atoms. The maximum atomic E-state index is 12.4. The second kappa shape index (κ2) is 5.03. The number of halogens is 1. The highest BCUT2D eigenvalue weighted by molar-refractivity contribution is 7.91. The van der Waals surface area contributed by atoms with Gasteiger partial charge in [-0.05, 0) is 30.3 Å². The zero-order valence-electron chi connectivity index (χ0n) is 9.58. The summed E-state index contributed by atoms with van der Waals surface area (Å²) in [7, 11) is -3.87. The van der Waals surface area contributed by atoms with Crippen molar-refractivity contribution in [1.82, 2.24) is 0 Å². The van der Waals surface area contributed by atoms with Gasteiger partial charge < -0.3 is 5.11 Å². The van der Waals surface area contributed by atoms with E-state index < -0.39 is 15.8 Å². The molecule has 0 aliphatic rings. The van der Waals surface area contributed by atoms with Gasteiger partial charge in [-0.3, -0.25) is 0 Å². The number of hydrogen-bond donors (Lipinski definition) is 1.